The third-order valence-electron chi connectivity index (χ3n) is 4.31. The fraction of sp³-hybridized carbons (Fsp3) is 0.400. The normalized spacial score (nSPS) is 26.7. The summed E-state index contributed by atoms with van der Waals surface area (Å²) in [5.74, 6) is 0.116. The van der Waals surface area contributed by atoms with Crippen molar-refractivity contribution in [3.8, 4) is 0 Å². The van der Waals surface area contributed by atoms with Crippen LogP contribution in [0.5, 0.6) is 0 Å². The first kappa shape index (κ1) is 10.9. The van der Waals surface area contributed by atoms with Crippen LogP contribution in [-0.2, 0) is 4.79 Å². The molecule has 96 valence electrons. The number of nitrogens with zero attached hydrogens (tertiary/aromatic N) is 2. The van der Waals surface area contributed by atoms with Crippen LogP contribution in [0.4, 0.5) is 0 Å². The van der Waals surface area contributed by atoms with E-state index in [1.54, 1.807) is 12.3 Å². The topological polar surface area (TPSA) is 53.8 Å². The summed E-state index contributed by atoms with van der Waals surface area (Å²) in [5.41, 5.74) is 9.63. The van der Waals surface area contributed by atoms with Gasteiger partial charge >= 0.3 is 0 Å². The molecular formula is C15H15N3O. The zero-order valence-corrected chi connectivity index (χ0v) is 11.1. The molecule has 2 aliphatic heterocycles. The molecule has 0 bridgehead atoms. The van der Waals surface area contributed by atoms with Gasteiger partial charge in [0, 0.05) is 27.8 Å². The summed E-state index contributed by atoms with van der Waals surface area (Å²) in [6, 6.07) is 0. The highest BCUT2D eigenvalue weighted by Gasteiger charge is 2.42. The predicted octanol–water partition coefficient (Wildman–Crippen LogP) is 2.26. The maximum Gasteiger partial charge on any atom is 0.162 e. The summed E-state index contributed by atoms with van der Waals surface area (Å²) < 4.78 is 0. The van der Waals surface area contributed by atoms with Crippen LogP contribution in [0.2, 0.25) is 0 Å². The summed E-state index contributed by atoms with van der Waals surface area (Å²) >= 11 is 0. The molecule has 19 heavy (non-hydrogen) atoms. The number of hydrogen-bond acceptors (Lipinski definition) is 4. The van der Waals surface area contributed by atoms with E-state index in [0.717, 1.165) is 41.1 Å². The van der Waals surface area contributed by atoms with Crippen LogP contribution in [0.1, 0.15) is 33.1 Å². The summed E-state index contributed by atoms with van der Waals surface area (Å²) in [6.45, 7) is 4.45. The molecule has 0 radical (unpaired) electrons. The quantitative estimate of drug-likeness (QED) is 0.720. The van der Waals surface area contributed by atoms with Gasteiger partial charge in [-0.3, -0.25) is 15.2 Å². The lowest BCUT2D eigenvalue weighted by atomic mass is 9.72. The van der Waals surface area contributed by atoms with Gasteiger partial charge in [-0.25, -0.2) is 0 Å². The highest BCUT2D eigenvalue weighted by atomic mass is 16.1. The van der Waals surface area contributed by atoms with Gasteiger partial charge < -0.3 is 0 Å². The van der Waals surface area contributed by atoms with Crippen molar-refractivity contribution in [3.63, 3.8) is 0 Å². The zero-order valence-electron chi connectivity index (χ0n) is 11.1. The SMILES string of the molecule is CC1(C)CCC2=C3C1=NC1=C3C(=CC(=O)C1)C=NN2. The van der Waals surface area contributed by atoms with Crippen molar-refractivity contribution < 1.29 is 4.79 Å². The highest BCUT2D eigenvalue weighted by Crippen LogP contribution is 2.47. The summed E-state index contributed by atoms with van der Waals surface area (Å²) in [5, 5.41) is 4.23. The lowest BCUT2D eigenvalue weighted by molar-refractivity contribution is -0.114. The Morgan fingerprint density at radius 2 is 2.16 bits per heavy atom. The van der Waals surface area contributed by atoms with Crippen LogP contribution in [0.25, 0.3) is 0 Å². The Labute approximate surface area is 111 Å². The van der Waals surface area contributed by atoms with E-state index in [0.29, 0.717) is 6.42 Å². The first-order chi connectivity index (χ1) is 9.06. The monoisotopic (exact) mass is 253 g/mol. The Bertz CT molecular complexity index is 672. The van der Waals surface area contributed by atoms with Gasteiger partial charge in [0.05, 0.1) is 24.0 Å². The second kappa shape index (κ2) is 3.32. The lowest BCUT2D eigenvalue weighted by Crippen LogP contribution is -2.32. The smallest absolute Gasteiger partial charge is 0.162 e. The fourth-order valence-corrected chi connectivity index (χ4v) is 3.27. The van der Waals surface area contributed by atoms with Crippen LogP contribution < -0.4 is 5.43 Å². The molecular weight excluding hydrogens is 238 g/mol. The molecule has 0 unspecified atom stereocenters. The van der Waals surface area contributed by atoms with Crippen LogP contribution in [0, 0.1) is 5.41 Å². The molecule has 0 aromatic heterocycles. The van der Waals surface area contributed by atoms with Gasteiger partial charge in [0.25, 0.3) is 0 Å². The molecule has 0 saturated carbocycles. The number of aliphatic imine (C=N–C) groups is 1. The highest BCUT2D eigenvalue weighted by molar-refractivity contribution is 6.17. The van der Waals surface area contributed by atoms with Crippen molar-refractivity contribution in [2.24, 2.45) is 15.5 Å². The Balaban J connectivity index is 2.00. The van der Waals surface area contributed by atoms with Gasteiger partial charge in [0.1, 0.15) is 0 Å². The molecule has 4 nitrogen and oxygen atoms in total. The van der Waals surface area contributed by atoms with Gasteiger partial charge in [-0.05, 0) is 18.9 Å². The Kier molecular flexibility index (Phi) is 1.91. The van der Waals surface area contributed by atoms with Crippen molar-refractivity contribution in [1.29, 1.82) is 0 Å². The number of hydrazone groups is 1. The second-order valence-electron chi connectivity index (χ2n) is 6.13. The van der Waals surface area contributed by atoms with Crippen LogP contribution in [0.3, 0.4) is 0 Å². The predicted molar refractivity (Wildman–Crippen MR) is 73.8 cm³/mol. The molecule has 0 spiro atoms. The van der Waals surface area contributed by atoms with Crippen molar-refractivity contribution in [2.75, 3.05) is 0 Å². The minimum atomic E-state index is 0.0658. The minimum Gasteiger partial charge on any atom is -0.294 e. The largest absolute Gasteiger partial charge is 0.294 e. The van der Waals surface area contributed by atoms with Crippen molar-refractivity contribution >= 4 is 17.7 Å². The van der Waals surface area contributed by atoms with Gasteiger partial charge in [-0.1, -0.05) is 13.8 Å². The third-order valence-corrected chi connectivity index (χ3v) is 4.31. The number of hydrogen-bond donors (Lipinski definition) is 1. The average Bonchev–Trinajstić information content (AvgIpc) is 2.62. The molecule has 1 N–H and O–H groups in total. The van der Waals surface area contributed by atoms with E-state index in [1.165, 1.54) is 5.57 Å². The van der Waals surface area contributed by atoms with Gasteiger partial charge in [0.2, 0.25) is 0 Å². The van der Waals surface area contributed by atoms with Crippen LogP contribution in [0.15, 0.2) is 44.3 Å². The summed E-state index contributed by atoms with van der Waals surface area (Å²) in [4.78, 5) is 16.6. The number of carbonyl (C=O) groups is 1. The molecule has 0 aromatic rings. The Morgan fingerprint density at radius 1 is 1.32 bits per heavy atom. The summed E-state index contributed by atoms with van der Waals surface area (Å²) in [7, 11) is 0. The minimum absolute atomic E-state index is 0.0658. The van der Waals surface area contributed by atoms with Crippen molar-refractivity contribution in [1.82, 2.24) is 5.43 Å². The van der Waals surface area contributed by atoms with E-state index in [-0.39, 0.29) is 11.2 Å². The van der Waals surface area contributed by atoms with E-state index in [9.17, 15) is 4.79 Å². The molecule has 0 saturated heterocycles. The molecule has 0 atom stereocenters. The first-order valence-corrected chi connectivity index (χ1v) is 6.66. The molecule has 4 aliphatic rings. The molecule has 0 fully saturated rings. The Hall–Kier alpha value is -1.97. The summed E-state index contributed by atoms with van der Waals surface area (Å²) in [6.07, 6.45) is 5.90. The van der Waals surface area contributed by atoms with E-state index < -0.39 is 0 Å². The number of allylic oxidation sites excluding steroid dienone is 6. The number of carbonyl (C=O) groups excluding carboxylic acids is 1. The molecule has 4 heteroatoms. The van der Waals surface area contributed by atoms with E-state index in [1.807, 2.05) is 0 Å². The molecule has 2 aliphatic carbocycles. The Morgan fingerprint density at radius 3 is 3.00 bits per heavy atom. The third kappa shape index (κ3) is 1.37. The van der Waals surface area contributed by atoms with Crippen molar-refractivity contribution in [2.45, 2.75) is 33.1 Å². The number of ketones is 1. The number of rotatable bonds is 0. The fourth-order valence-electron chi connectivity index (χ4n) is 3.27. The first-order valence-electron chi connectivity index (χ1n) is 6.66. The van der Waals surface area contributed by atoms with Crippen LogP contribution in [-0.4, -0.2) is 17.7 Å². The number of nitrogens with one attached hydrogen (secondary N) is 1. The molecule has 4 rings (SSSR count). The average molecular weight is 253 g/mol. The van der Waals surface area contributed by atoms with Crippen molar-refractivity contribution in [3.05, 3.63) is 34.2 Å². The zero-order chi connectivity index (χ0) is 13.2. The second-order valence-corrected chi connectivity index (χ2v) is 6.13. The van der Waals surface area contributed by atoms with Crippen LogP contribution >= 0.6 is 0 Å². The molecule has 2 heterocycles. The molecule has 0 amide bonds. The van der Waals surface area contributed by atoms with Gasteiger partial charge in [0.15, 0.2) is 5.78 Å². The van der Waals surface area contributed by atoms with Gasteiger partial charge in [-0.15, -0.1) is 0 Å². The lowest BCUT2D eigenvalue weighted by Gasteiger charge is -2.32. The maximum atomic E-state index is 11.8. The van der Waals surface area contributed by atoms with E-state index in [4.69, 9.17) is 4.99 Å². The van der Waals surface area contributed by atoms with Gasteiger partial charge in [-0.2, -0.15) is 5.10 Å². The maximum absolute atomic E-state index is 11.8. The molecule has 0 aromatic carbocycles. The van der Waals surface area contributed by atoms with E-state index in [2.05, 4.69) is 24.4 Å². The van der Waals surface area contributed by atoms with E-state index >= 15 is 0 Å². The standard InChI is InChI=1S/C15H15N3O/c1-15(2)4-3-10-13-12-8(7-16-18-10)5-9(19)6-11(12)17-14(13)15/h5,7,18H,3-4,6H2,1-2H3.